The summed E-state index contributed by atoms with van der Waals surface area (Å²) in [4.78, 5) is 11.0. The Morgan fingerprint density at radius 2 is 1.67 bits per heavy atom. The number of hydrogen-bond acceptors (Lipinski definition) is 1. The van der Waals surface area contributed by atoms with E-state index in [9.17, 15) is 18.0 Å². The van der Waals surface area contributed by atoms with E-state index in [1.165, 1.54) is 18.2 Å². The van der Waals surface area contributed by atoms with E-state index < -0.39 is 22.7 Å². The molecule has 0 saturated carbocycles. The highest BCUT2D eigenvalue weighted by Gasteiger charge is 2.15. The van der Waals surface area contributed by atoms with E-state index in [0.29, 0.717) is 0 Å². The predicted octanol–water partition coefficient (Wildman–Crippen LogP) is 4.15. The second kappa shape index (κ2) is 4.82. The van der Waals surface area contributed by atoms with Gasteiger partial charge in [0.15, 0.2) is 11.6 Å². The van der Waals surface area contributed by atoms with Gasteiger partial charge in [-0.2, -0.15) is 0 Å². The first-order valence-corrected chi connectivity index (χ1v) is 5.32. The van der Waals surface area contributed by atoms with E-state index in [1.807, 2.05) is 0 Å². The number of carbonyl (C=O) groups is 1. The second-order valence-corrected chi connectivity index (χ2v) is 3.91. The van der Waals surface area contributed by atoms with E-state index in [1.54, 1.807) is 0 Å². The highest BCUT2D eigenvalue weighted by molar-refractivity contribution is 6.67. The number of rotatable bonds is 2. The number of halogens is 4. The highest BCUT2D eigenvalue weighted by Crippen LogP contribution is 2.28. The molecule has 0 spiro atoms. The van der Waals surface area contributed by atoms with E-state index in [-0.39, 0.29) is 16.7 Å². The number of benzene rings is 2. The van der Waals surface area contributed by atoms with Gasteiger partial charge in [0.2, 0.25) is 0 Å². The summed E-state index contributed by atoms with van der Waals surface area (Å²) in [7, 11) is 0. The maximum atomic E-state index is 13.6. The van der Waals surface area contributed by atoms with Gasteiger partial charge in [-0.05, 0) is 35.9 Å². The minimum Gasteiger partial charge on any atom is -0.276 e. The van der Waals surface area contributed by atoms with Gasteiger partial charge in [0.25, 0.3) is 5.24 Å². The fourth-order valence-corrected chi connectivity index (χ4v) is 1.68. The van der Waals surface area contributed by atoms with Crippen LogP contribution in [-0.4, -0.2) is 5.24 Å². The van der Waals surface area contributed by atoms with E-state index in [0.717, 1.165) is 18.2 Å². The third-order valence-corrected chi connectivity index (χ3v) is 2.65. The molecule has 0 radical (unpaired) electrons. The molecule has 2 aromatic carbocycles. The Hall–Kier alpha value is -1.81. The van der Waals surface area contributed by atoms with Crippen molar-refractivity contribution in [2.75, 3.05) is 0 Å². The van der Waals surface area contributed by atoms with Crippen molar-refractivity contribution in [2.45, 2.75) is 0 Å². The topological polar surface area (TPSA) is 17.1 Å². The lowest BCUT2D eigenvalue weighted by atomic mass is 10.0. The molecule has 0 unspecified atom stereocenters. The first-order valence-electron chi connectivity index (χ1n) is 4.94. The van der Waals surface area contributed by atoms with Gasteiger partial charge in [0, 0.05) is 16.7 Å². The fraction of sp³-hybridized carbons (Fsp3) is 0. The quantitative estimate of drug-likeness (QED) is 0.749. The minimum absolute atomic E-state index is 0.0109. The second-order valence-electron chi connectivity index (χ2n) is 3.57. The Morgan fingerprint density at radius 3 is 2.33 bits per heavy atom. The van der Waals surface area contributed by atoms with Crippen LogP contribution in [0.5, 0.6) is 0 Å². The van der Waals surface area contributed by atoms with Gasteiger partial charge in [-0.1, -0.05) is 12.1 Å². The molecule has 5 heteroatoms. The van der Waals surface area contributed by atoms with Crippen molar-refractivity contribution < 1.29 is 18.0 Å². The van der Waals surface area contributed by atoms with Crippen molar-refractivity contribution in [1.29, 1.82) is 0 Å². The van der Waals surface area contributed by atoms with E-state index in [4.69, 9.17) is 11.6 Å². The molecule has 0 saturated heterocycles. The van der Waals surface area contributed by atoms with Crippen LogP contribution in [0.15, 0.2) is 36.4 Å². The Kier molecular flexibility index (Phi) is 3.39. The first-order chi connectivity index (χ1) is 8.50. The van der Waals surface area contributed by atoms with Gasteiger partial charge >= 0.3 is 0 Å². The molecule has 0 bridgehead atoms. The Balaban J connectivity index is 2.66. The fourth-order valence-electron chi connectivity index (χ4n) is 1.57. The van der Waals surface area contributed by atoms with Gasteiger partial charge in [-0.25, -0.2) is 13.2 Å². The smallest absolute Gasteiger partial charge is 0.252 e. The van der Waals surface area contributed by atoms with Crippen LogP contribution in [-0.2, 0) is 0 Å². The first kappa shape index (κ1) is 12.6. The van der Waals surface area contributed by atoms with Crippen LogP contribution < -0.4 is 0 Å². The Labute approximate surface area is 106 Å². The van der Waals surface area contributed by atoms with E-state index in [2.05, 4.69) is 0 Å². The molecule has 0 fully saturated rings. The molecule has 1 nitrogen and oxygen atoms in total. The molecule has 0 aliphatic heterocycles. The van der Waals surface area contributed by atoms with Gasteiger partial charge in [0.05, 0.1) is 0 Å². The van der Waals surface area contributed by atoms with Crippen LogP contribution in [0.4, 0.5) is 13.2 Å². The molecule has 0 amide bonds. The SMILES string of the molecule is O=C(Cl)c1ccc(F)c(-c2cccc(F)c2F)c1. The average molecular weight is 271 g/mol. The van der Waals surface area contributed by atoms with Crippen LogP contribution in [0, 0.1) is 17.5 Å². The van der Waals surface area contributed by atoms with Gasteiger partial charge in [0.1, 0.15) is 5.82 Å². The van der Waals surface area contributed by atoms with Crippen LogP contribution in [0.3, 0.4) is 0 Å². The molecular formula is C13H6ClF3O. The molecule has 0 aromatic heterocycles. The summed E-state index contributed by atoms with van der Waals surface area (Å²) in [6, 6.07) is 6.64. The molecule has 0 aliphatic rings. The van der Waals surface area contributed by atoms with E-state index >= 15 is 0 Å². The molecule has 0 aliphatic carbocycles. The van der Waals surface area contributed by atoms with Gasteiger partial charge in [-0.3, -0.25) is 4.79 Å². The number of carbonyl (C=O) groups excluding carboxylic acids is 1. The van der Waals surface area contributed by atoms with Crippen molar-refractivity contribution in [3.63, 3.8) is 0 Å². The van der Waals surface area contributed by atoms with Crippen molar-refractivity contribution in [3.05, 3.63) is 59.4 Å². The van der Waals surface area contributed by atoms with Gasteiger partial charge < -0.3 is 0 Å². The summed E-state index contributed by atoms with van der Waals surface area (Å²) in [5.41, 5.74) is -0.456. The van der Waals surface area contributed by atoms with Crippen LogP contribution >= 0.6 is 11.6 Å². The normalized spacial score (nSPS) is 10.4. The summed E-state index contributed by atoms with van der Waals surface area (Å²) in [5, 5.41) is -0.798. The van der Waals surface area contributed by atoms with Crippen molar-refractivity contribution in [3.8, 4) is 11.1 Å². The van der Waals surface area contributed by atoms with Gasteiger partial charge in [-0.15, -0.1) is 0 Å². The summed E-state index contributed by atoms with van der Waals surface area (Å²) in [6.45, 7) is 0. The largest absolute Gasteiger partial charge is 0.276 e. The predicted molar refractivity (Wildman–Crippen MR) is 61.9 cm³/mol. The maximum Gasteiger partial charge on any atom is 0.252 e. The lowest BCUT2D eigenvalue weighted by Crippen LogP contribution is -1.95. The van der Waals surface area contributed by atoms with Crippen LogP contribution in [0.2, 0.25) is 0 Å². The lowest BCUT2D eigenvalue weighted by Gasteiger charge is -2.06. The lowest BCUT2D eigenvalue weighted by molar-refractivity contribution is 0.108. The summed E-state index contributed by atoms with van der Waals surface area (Å²) < 4.78 is 40.2. The zero-order chi connectivity index (χ0) is 13.3. The van der Waals surface area contributed by atoms with Crippen molar-refractivity contribution in [1.82, 2.24) is 0 Å². The molecule has 18 heavy (non-hydrogen) atoms. The van der Waals surface area contributed by atoms with Crippen molar-refractivity contribution >= 4 is 16.8 Å². The highest BCUT2D eigenvalue weighted by atomic mass is 35.5. The third-order valence-electron chi connectivity index (χ3n) is 2.44. The van der Waals surface area contributed by atoms with Crippen molar-refractivity contribution in [2.24, 2.45) is 0 Å². The Morgan fingerprint density at radius 1 is 0.944 bits per heavy atom. The summed E-state index contributed by atoms with van der Waals surface area (Å²) in [6.07, 6.45) is 0. The zero-order valence-corrected chi connectivity index (χ0v) is 9.64. The maximum absolute atomic E-state index is 13.6. The Bertz CT molecular complexity index is 626. The average Bonchev–Trinajstić information content (AvgIpc) is 2.33. The standard InChI is InChI=1S/C13H6ClF3O/c14-13(18)7-4-5-10(15)9(6-7)8-2-1-3-11(16)12(8)17/h1-6H. The van der Waals surface area contributed by atoms with Crippen LogP contribution in [0.25, 0.3) is 11.1 Å². The third kappa shape index (κ3) is 2.24. The molecule has 2 rings (SSSR count). The van der Waals surface area contributed by atoms with Crippen LogP contribution in [0.1, 0.15) is 10.4 Å². The zero-order valence-electron chi connectivity index (χ0n) is 8.88. The molecule has 92 valence electrons. The minimum atomic E-state index is -1.17. The summed E-state index contributed by atoms with van der Waals surface area (Å²) in [5.74, 6) is -3.02. The monoisotopic (exact) mass is 270 g/mol. The molecular weight excluding hydrogens is 265 g/mol. The molecule has 2 aromatic rings. The molecule has 0 N–H and O–H groups in total. The summed E-state index contributed by atoms with van der Waals surface area (Å²) >= 11 is 5.26. The number of hydrogen-bond donors (Lipinski definition) is 0. The molecule has 0 atom stereocenters. The molecule has 0 heterocycles.